The number of carbonyl (C=O) groups excluding carboxylic acids is 2. The molecular weight excluding hydrogens is 356 g/mol. The summed E-state index contributed by atoms with van der Waals surface area (Å²) in [5.41, 5.74) is 0.866. The van der Waals surface area contributed by atoms with Gasteiger partial charge >= 0.3 is 0 Å². The largest absolute Gasteiger partial charge is 0.456 e. The third kappa shape index (κ3) is 3.03. The summed E-state index contributed by atoms with van der Waals surface area (Å²) in [5.74, 6) is -0.0206. The van der Waals surface area contributed by atoms with Gasteiger partial charge in [-0.25, -0.2) is 0 Å². The number of nitrogens with zero attached hydrogens (tertiary/aromatic N) is 2. The van der Waals surface area contributed by atoms with Crippen LogP contribution in [0.5, 0.6) is 0 Å². The Morgan fingerprint density at radius 3 is 2.36 bits per heavy atom. The summed E-state index contributed by atoms with van der Waals surface area (Å²) in [5, 5.41) is 0. The molecule has 2 fully saturated rings. The quantitative estimate of drug-likeness (QED) is 0.803. The van der Waals surface area contributed by atoms with Crippen LogP contribution in [0.15, 0.2) is 45.6 Å². The average Bonchev–Trinajstić information content (AvgIpc) is 3.08. The summed E-state index contributed by atoms with van der Waals surface area (Å²) in [6.07, 6.45) is 2.85. The summed E-state index contributed by atoms with van der Waals surface area (Å²) < 4.78 is 5.51. The molecule has 2 aliphatic rings. The molecule has 1 spiro atoms. The van der Waals surface area contributed by atoms with Crippen molar-refractivity contribution < 1.29 is 14.0 Å². The predicted molar refractivity (Wildman–Crippen MR) is 105 cm³/mol. The molecule has 2 aliphatic heterocycles. The number of carbonyl (C=O) groups is 2. The lowest BCUT2D eigenvalue weighted by Crippen LogP contribution is -2.61. The summed E-state index contributed by atoms with van der Waals surface area (Å²) in [6, 6.07) is 10.4. The molecule has 6 heteroatoms. The topological polar surface area (TPSA) is 70.8 Å². The van der Waals surface area contributed by atoms with Crippen molar-refractivity contribution in [3.05, 3.63) is 63.7 Å². The summed E-state index contributed by atoms with van der Waals surface area (Å²) in [6.45, 7) is 4.79. The molecular formula is C22H24N2O4. The Kier molecular flexibility index (Phi) is 4.57. The van der Waals surface area contributed by atoms with E-state index >= 15 is 0 Å². The molecule has 0 saturated carbocycles. The molecule has 1 aromatic heterocycles. The van der Waals surface area contributed by atoms with Crippen molar-refractivity contribution in [1.82, 2.24) is 4.90 Å². The Labute approximate surface area is 163 Å². The normalized spacial score (nSPS) is 22.1. The molecule has 2 aromatic rings. The van der Waals surface area contributed by atoms with E-state index in [1.807, 2.05) is 31.2 Å². The maximum atomic E-state index is 13.6. The van der Waals surface area contributed by atoms with Crippen molar-refractivity contribution in [2.24, 2.45) is 0 Å². The summed E-state index contributed by atoms with van der Waals surface area (Å²) in [4.78, 5) is 42.0. The molecule has 28 heavy (non-hydrogen) atoms. The number of aryl methyl sites for hydroxylation is 2. The van der Waals surface area contributed by atoms with Gasteiger partial charge in [-0.2, -0.15) is 0 Å². The van der Waals surface area contributed by atoms with E-state index in [-0.39, 0.29) is 23.0 Å². The zero-order chi connectivity index (χ0) is 19.9. The number of amides is 2. The first-order valence-electron chi connectivity index (χ1n) is 9.73. The highest BCUT2D eigenvalue weighted by molar-refractivity contribution is 6.05. The van der Waals surface area contributed by atoms with Gasteiger partial charge in [0.2, 0.25) is 0 Å². The Balaban J connectivity index is 1.68. The third-order valence-corrected chi connectivity index (χ3v) is 5.80. The number of likely N-dealkylation sites (tertiary alicyclic amines) is 1. The van der Waals surface area contributed by atoms with Gasteiger partial charge in [-0.1, -0.05) is 17.7 Å². The first kappa shape index (κ1) is 18.5. The van der Waals surface area contributed by atoms with Gasteiger partial charge in [0.15, 0.2) is 11.2 Å². The van der Waals surface area contributed by atoms with E-state index in [0.29, 0.717) is 31.7 Å². The monoisotopic (exact) mass is 380 g/mol. The van der Waals surface area contributed by atoms with Crippen LogP contribution in [0.4, 0.5) is 5.69 Å². The molecule has 2 saturated heterocycles. The van der Waals surface area contributed by atoms with E-state index in [2.05, 4.69) is 0 Å². The van der Waals surface area contributed by atoms with Crippen LogP contribution in [0.2, 0.25) is 0 Å². The van der Waals surface area contributed by atoms with Crippen LogP contribution in [0.25, 0.3) is 0 Å². The van der Waals surface area contributed by atoms with E-state index in [4.69, 9.17) is 4.42 Å². The molecule has 1 unspecified atom stereocenters. The molecule has 4 rings (SSSR count). The zero-order valence-electron chi connectivity index (χ0n) is 16.2. The van der Waals surface area contributed by atoms with Gasteiger partial charge < -0.3 is 14.2 Å². The second-order valence-corrected chi connectivity index (χ2v) is 7.76. The molecule has 0 bridgehead atoms. The number of benzene rings is 1. The standard InChI is InChI=1S/C22H24N2O4/c1-15-5-7-17(8-6-15)23-11-3-9-22(21(23)27)10-4-12-24(22)20(26)19-14-18(25)13-16(2)28-19/h5-8,13-14H,3-4,9-12H2,1-2H3. The highest BCUT2D eigenvalue weighted by Crippen LogP contribution is 2.40. The maximum absolute atomic E-state index is 13.6. The van der Waals surface area contributed by atoms with Gasteiger partial charge in [0.1, 0.15) is 11.3 Å². The lowest BCUT2D eigenvalue weighted by molar-refractivity contribution is -0.130. The van der Waals surface area contributed by atoms with Gasteiger partial charge in [-0.3, -0.25) is 14.4 Å². The van der Waals surface area contributed by atoms with Crippen LogP contribution in [-0.4, -0.2) is 35.3 Å². The molecule has 2 amide bonds. The van der Waals surface area contributed by atoms with Crippen LogP contribution in [-0.2, 0) is 4.79 Å². The van der Waals surface area contributed by atoms with Gasteiger partial charge in [0, 0.05) is 30.9 Å². The second-order valence-electron chi connectivity index (χ2n) is 7.76. The van der Waals surface area contributed by atoms with E-state index in [9.17, 15) is 14.4 Å². The van der Waals surface area contributed by atoms with E-state index in [1.54, 1.807) is 16.7 Å². The van der Waals surface area contributed by atoms with Crippen molar-refractivity contribution in [3.8, 4) is 0 Å². The first-order valence-corrected chi connectivity index (χ1v) is 9.73. The minimum atomic E-state index is -0.859. The second kappa shape index (κ2) is 6.93. The highest BCUT2D eigenvalue weighted by Gasteiger charge is 2.53. The molecule has 0 N–H and O–H groups in total. The average molecular weight is 380 g/mol. The maximum Gasteiger partial charge on any atom is 0.290 e. The van der Waals surface area contributed by atoms with Crippen LogP contribution in [0, 0.1) is 13.8 Å². The molecule has 1 aromatic carbocycles. The number of anilines is 1. The van der Waals surface area contributed by atoms with Crippen LogP contribution in [0.1, 0.15) is 47.6 Å². The molecule has 0 aliphatic carbocycles. The SMILES string of the molecule is Cc1ccc(N2CCCC3(CCCN3C(=O)c3cc(=O)cc(C)o3)C2=O)cc1. The van der Waals surface area contributed by atoms with Crippen molar-refractivity contribution in [3.63, 3.8) is 0 Å². The number of hydrogen-bond acceptors (Lipinski definition) is 4. The van der Waals surface area contributed by atoms with Crippen molar-refractivity contribution in [2.75, 3.05) is 18.0 Å². The number of rotatable bonds is 2. The highest BCUT2D eigenvalue weighted by atomic mass is 16.3. The molecule has 0 radical (unpaired) electrons. The smallest absolute Gasteiger partial charge is 0.290 e. The Bertz CT molecular complexity index is 979. The third-order valence-electron chi connectivity index (χ3n) is 5.80. The van der Waals surface area contributed by atoms with Crippen LogP contribution >= 0.6 is 0 Å². The molecule has 146 valence electrons. The van der Waals surface area contributed by atoms with Crippen LogP contribution < -0.4 is 10.3 Å². The lowest BCUT2D eigenvalue weighted by atomic mass is 9.85. The van der Waals surface area contributed by atoms with Crippen LogP contribution in [0.3, 0.4) is 0 Å². The molecule has 3 heterocycles. The van der Waals surface area contributed by atoms with Gasteiger partial charge in [0.25, 0.3) is 11.8 Å². The van der Waals surface area contributed by atoms with E-state index in [0.717, 1.165) is 24.1 Å². The van der Waals surface area contributed by atoms with Crippen molar-refractivity contribution >= 4 is 17.5 Å². The molecule has 6 nitrogen and oxygen atoms in total. The molecule has 1 atom stereocenters. The van der Waals surface area contributed by atoms with Crippen molar-refractivity contribution in [2.45, 2.75) is 45.1 Å². The van der Waals surface area contributed by atoms with Gasteiger partial charge in [0.05, 0.1) is 0 Å². The Hall–Kier alpha value is -2.89. The fraction of sp³-hybridized carbons (Fsp3) is 0.409. The fourth-order valence-corrected chi connectivity index (χ4v) is 4.46. The summed E-state index contributed by atoms with van der Waals surface area (Å²) >= 11 is 0. The minimum absolute atomic E-state index is 0.00605. The summed E-state index contributed by atoms with van der Waals surface area (Å²) in [7, 11) is 0. The Morgan fingerprint density at radius 2 is 1.68 bits per heavy atom. The predicted octanol–water partition coefficient (Wildman–Crippen LogP) is 3.06. The van der Waals surface area contributed by atoms with E-state index < -0.39 is 5.54 Å². The van der Waals surface area contributed by atoms with Crippen molar-refractivity contribution in [1.29, 1.82) is 0 Å². The fourth-order valence-electron chi connectivity index (χ4n) is 4.46. The van der Waals surface area contributed by atoms with Gasteiger partial charge in [-0.05, 0) is 51.7 Å². The van der Waals surface area contributed by atoms with E-state index in [1.165, 1.54) is 12.1 Å². The zero-order valence-corrected chi connectivity index (χ0v) is 16.2. The lowest BCUT2D eigenvalue weighted by Gasteiger charge is -2.44. The number of piperidine rings is 1. The minimum Gasteiger partial charge on any atom is -0.456 e. The Morgan fingerprint density at radius 1 is 1.00 bits per heavy atom. The number of hydrogen-bond donors (Lipinski definition) is 0. The van der Waals surface area contributed by atoms with Gasteiger partial charge in [-0.15, -0.1) is 0 Å². The first-order chi connectivity index (χ1) is 13.4.